The van der Waals surface area contributed by atoms with Crippen molar-refractivity contribution in [3.63, 3.8) is 0 Å². The summed E-state index contributed by atoms with van der Waals surface area (Å²) in [7, 11) is 0. The van der Waals surface area contributed by atoms with Gasteiger partial charge in [-0.15, -0.1) is 11.3 Å². The van der Waals surface area contributed by atoms with Crippen LogP contribution in [-0.4, -0.2) is 9.13 Å². The van der Waals surface area contributed by atoms with Gasteiger partial charge in [0.1, 0.15) is 11.2 Å². The van der Waals surface area contributed by atoms with Gasteiger partial charge in [-0.05, 0) is 107 Å². The molecule has 10 aromatic carbocycles. The highest BCUT2D eigenvalue weighted by molar-refractivity contribution is 7.25. The van der Waals surface area contributed by atoms with Crippen molar-refractivity contribution < 1.29 is 4.42 Å². The smallest absolute Gasteiger partial charge is 0.135 e. The van der Waals surface area contributed by atoms with E-state index in [1.165, 1.54) is 86.1 Å². The van der Waals surface area contributed by atoms with Crippen LogP contribution in [0.1, 0.15) is 0 Å². The van der Waals surface area contributed by atoms with Crippen LogP contribution in [0.25, 0.3) is 130 Å². The fourth-order valence-corrected chi connectivity index (χ4v) is 11.4. The Hall–Kier alpha value is -8.18. The first-order valence-electron chi connectivity index (χ1n) is 21.8. The summed E-state index contributed by atoms with van der Waals surface area (Å²) < 4.78 is 13.9. The summed E-state index contributed by atoms with van der Waals surface area (Å²) in [5.74, 6) is 0. The van der Waals surface area contributed by atoms with Crippen LogP contribution in [0.5, 0.6) is 0 Å². The van der Waals surface area contributed by atoms with Gasteiger partial charge in [-0.2, -0.15) is 0 Å². The highest BCUT2D eigenvalue weighted by Gasteiger charge is 2.21. The fourth-order valence-electron chi connectivity index (χ4n) is 10.4. The Kier molecular flexibility index (Phi) is 7.56. The standard InChI is InChI=1S/C60H36N2OS/c1-3-12-37(13-4-1)39-23-28-53-49(32-39)45-27-22-41(34-55(45)61(53)42-26-31-59-52(36-42)47-17-8-10-21-58(47)64-59)44-18-11-19-48-50-33-40(38-14-5-2-6-15-38)24-29-54(50)62(60(44)48)43-25-30-57-51(35-43)46-16-7-9-20-56(46)63-57/h1-36H. The molecule has 0 N–H and O–H groups in total. The lowest BCUT2D eigenvalue weighted by molar-refractivity contribution is 0.669. The Balaban J connectivity index is 1.05. The number of hydrogen-bond acceptors (Lipinski definition) is 2. The molecule has 14 rings (SSSR count). The topological polar surface area (TPSA) is 23.0 Å². The van der Waals surface area contributed by atoms with Gasteiger partial charge >= 0.3 is 0 Å². The Bertz CT molecular complexity index is 4190. The van der Waals surface area contributed by atoms with E-state index < -0.39 is 0 Å². The second-order valence-corrected chi connectivity index (χ2v) is 17.9. The third-order valence-corrected chi connectivity index (χ3v) is 14.5. The normalized spacial score (nSPS) is 12.1. The van der Waals surface area contributed by atoms with Crippen LogP contribution in [0.3, 0.4) is 0 Å². The van der Waals surface area contributed by atoms with E-state index in [2.05, 4.69) is 221 Å². The average molecular weight is 833 g/mol. The molecular formula is C60H36N2OS. The number of hydrogen-bond donors (Lipinski definition) is 0. The van der Waals surface area contributed by atoms with Crippen molar-refractivity contribution in [2.45, 2.75) is 0 Å². The molecule has 0 saturated heterocycles. The first-order valence-corrected chi connectivity index (χ1v) is 22.6. The zero-order valence-corrected chi connectivity index (χ0v) is 35.3. The lowest BCUT2D eigenvalue weighted by Crippen LogP contribution is -1.96. The van der Waals surface area contributed by atoms with Crippen LogP contribution in [0.4, 0.5) is 0 Å². The summed E-state index contributed by atoms with van der Waals surface area (Å²) in [5, 5.41) is 9.71. The summed E-state index contributed by atoms with van der Waals surface area (Å²) in [4.78, 5) is 0. The summed E-state index contributed by atoms with van der Waals surface area (Å²) in [6, 6.07) is 80.0. The molecule has 4 heterocycles. The zero-order valence-electron chi connectivity index (χ0n) is 34.5. The Morgan fingerprint density at radius 2 is 0.891 bits per heavy atom. The third-order valence-electron chi connectivity index (χ3n) is 13.3. The van der Waals surface area contributed by atoms with E-state index in [1.54, 1.807) is 0 Å². The van der Waals surface area contributed by atoms with Crippen molar-refractivity contribution in [3.05, 3.63) is 218 Å². The summed E-state index contributed by atoms with van der Waals surface area (Å²) >= 11 is 1.86. The first kappa shape index (κ1) is 35.4. The minimum atomic E-state index is 0.889. The maximum Gasteiger partial charge on any atom is 0.135 e. The van der Waals surface area contributed by atoms with E-state index in [-0.39, 0.29) is 0 Å². The van der Waals surface area contributed by atoms with E-state index >= 15 is 0 Å². The van der Waals surface area contributed by atoms with Gasteiger partial charge < -0.3 is 13.6 Å². The quantitative estimate of drug-likeness (QED) is 0.169. The number of thiophene rings is 1. The predicted molar refractivity (Wildman–Crippen MR) is 272 cm³/mol. The molecule has 0 aliphatic rings. The van der Waals surface area contributed by atoms with Crippen LogP contribution in [0.15, 0.2) is 223 Å². The zero-order chi connectivity index (χ0) is 41.9. The van der Waals surface area contributed by atoms with Gasteiger partial charge in [0.15, 0.2) is 0 Å². The highest BCUT2D eigenvalue weighted by Crippen LogP contribution is 2.44. The van der Waals surface area contributed by atoms with E-state index in [0.717, 1.165) is 44.4 Å². The average Bonchev–Trinajstić information content (AvgIpc) is 4.11. The largest absolute Gasteiger partial charge is 0.456 e. The van der Waals surface area contributed by atoms with Gasteiger partial charge in [0.25, 0.3) is 0 Å². The van der Waals surface area contributed by atoms with E-state index in [4.69, 9.17) is 4.42 Å². The van der Waals surface area contributed by atoms with Crippen molar-refractivity contribution in [2.24, 2.45) is 0 Å². The monoisotopic (exact) mass is 832 g/mol. The highest BCUT2D eigenvalue weighted by atomic mass is 32.1. The number of nitrogens with zero attached hydrogens (tertiary/aromatic N) is 2. The second kappa shape index (κ2) is 13.7. The molecule has 0 spiro atoms. The molecule has 0 saturated carbocycles. The summed E-state index contributed by atoms with van der Waals surface area (Å²) in [6.45, 7) is 0. The molecule has 0 bridgehead atoms. The van der Waals surface area contributed by atoms with Crippen LogP contribution in [0.2, 0.25) is 0 Å². The van der Waals surface area contributed by atoms with Crippen LogP contribution in [0, 0.1) is 0 Å². The number of para-hydroxylation sites is 2. The molecule has 0 fully saturated rings. The maximum atomic E-state index is 6.33. The number of benzene rings is 10. The Morgan fingerprint density at radius 3 is 1.69 bits per heavy atom. The minimum absolute atomic E-state index is 0.889. The van der Waals surface area contributed by atoms with Gasteiger partial charge in [0.05, 0.1) is 22.1 Å². The summed E-state index contributed by atoms with van der Waals surface area (Å²) in [5.41, 5.74) is 15.9. The third kappa shape index (κ3) is 5.27. The van der Waals surface area contributed by atoms with Crippen molar-refractivity contribution in [3.8, 4) is 44.8 Å². The lowest BCUT2D eigenvalue weighted by atomic mass is 9.98. The number of fused-ring (bicyclic) bond motifs is 12. The van der Waals surface area contributed by atoms with Crippen LogP contribution in [-0.2, 0) is 0 Å². The second-order valence-electron chi connectivity index (χ2n) is 16.9. The first-order chi connectivity index (χ1) is 31.7. The number of rotatable bonds is 5. The maximum absolute atomic E-state index is 6.33. The van der Waals surface area contributed by atoms with Crippen molar-refractivity contribution in [1.82, 2.24) is 9.13 Å². The molecule has 0 radical (unpaired) electrons. The molecular weight excluding hydrogens is 797 g/mol. The summed E-state index contributed by atoms with van der Waals surface area (Å²) in [6.07, 6.45) is 0. The minimum Gasteiger partial charge on any atom is -0.456 e. The van der Waals surface area contributed by atoms with Gasteiger partial charge in [-0.1, -0.05) is 140 Å². The van der Waals surface area contributed by atoms with Crippen molar-refractivity contribution in [1.29, 1.82) is 0 Å². The SMILES string of the molecule is c1ccc(-c2ccc3c(c2)c2ccc(-c4cccc5c6cc(-c7ccccc7)ccc6n(-c6ccc7oc8ccccc8c7c6)c45)cc2n3-c2ccc3sc4ccccc4c3c2)cc1. The molecule has 4 heteroatoms. The molecule has 298 valence electrons. The van der Waals surface area contributed by atoms with Gasteiger partial charge in [0, 0.05) is 69.4 Å². The molecule has 0 aliphatic heterocycles. The Morgan fingerprint density at radius 1 is 0.297 bits per heavy atom. The molecule has 0 unspecified atom stereocenters. The Labute approximate surface area is 371 Å². The van der Waals surface area contributed by atoms with Gasteiger partial charge in [-0.3, -0.25) is 0 Å². The molecule has 3 nitrogen and oxygen atoms in total. The number of aromatic nitrogens is 2. The number of furan rings is 1. The fraction of sp³-hybridized carbons (Fsp3) is 0. The molecule has 0 atom stereocenters. The van der Waals surface area contributed by atoms with E-state index in [9.17, 15) is 0 Å². The van der Waals surface area contributed by atoms with Crippen molar-refractivity contribution >= 4 is 97.1 Å². The molecule has 64 heavy (non-hydrogen) atoms. The molecule has 0 amide bonds. The van der Waals surface area contributed by atoms with Crippen molar-refractivity contribution in [2.75, 3.05) is 0 Å². The van der Waals surface area contributed by atoms with E-state index in [0.29, 0.717) is 0 Å². The van der Waals surface area contributed by atoms with Crippen LogP contribution < -0.4 is 0 Å². The van der Waals surface area contributed by atoms with Crippen LogP contribution >= 0.6 is 11.3 Å². The molecule has 0 aliphatic carbocycles. The van der Waals surface area contributed by atoms with Gasteiger partial charge in [-0.25, -0.2) is 0 Å². The molecule has 14 aromatic rings. The molecule has 4 aromatic heterocycles. The van der Waals surface area contributed by atoms with Gasteiger partial charge in [0.2, 0.25) is 0 Å². The predicted octanol–water partition coefficient (Wildman–Crippen LogP) is 17.1. The van der Waals surface area contributed by atoms with E-state index in [1.807, 2.05) is 17.4 Å². The lowest BCUT2D eigenvalue weighted by Gasteiger charge is -2.13.